The molecule has 3 N–H and O–H groups in total. The first kappa shape index (κ1) is 35.6. The number of ketones is 1. The number of piperazine rings is 1. The fourth-order valence-electron chi connectivity index (χ4n) is 10.7. The van der Waals surface area contributed by atoms with Gasteiger partial charge in [0.1, 0.15) is 23.9 Å². The van der Waals surface area contributed by atoms with Crippen molar-refractivity contribution >= 4 is 34.7 Å². The van der Waals surface area contributed by atoms with Gasteiger partial charge in [0.2, 0.25) is 6.79 Å². The van der Waals surface area contributed by atoms with Gasteiger partial charge in [-0.25, -0.2) is 4.79 Å². The number of nitrogens with zero attached hydrogens (tertiary/aromatic N) is 3. The lowest BCUT2D eigenvalue weighted by Crippen LogP contribution is -2.69. The number of hydrogen-bond acceptors (Lipinski definition) is 13. The molecule has 8 heterocycles. The van der Waals surface area contributed by atoms with Gasteiger partial charge in [-0.3, -0.25) is 19.9 Å². The lowest BCUT2D eigenvalue weighted by Gasteiger charge is -2.61. The Labute approximate surface area is 326 Å². The number of aryl methyl sites for hydroxylation is 1. The average molecular weight is 782 g/mol. The van der Waals surface area contributed by atoms with Gasteiger partial charge in [0, 0.05) is 63.2 Å². The molecule has 0 amide bonds. The molecule has 0 radical (unpaired) electrons. The second kappa shape index (κ2) is 12.8. The van der Waals surface area contributed by atoms with Crippen LogP contribution in [-0.2, 0) is 27.9 Å². The number of H-pyrrole nitrogens is 1. The number of thioether (sulfide) groups is 1. The first-order chi connectivity index (χ1) is 27.1. The SMILES string of the molecule is COc1c(C)cc2c(c1O)[C@H]1C3[C@@H]4SC[C@]5(NCCc6c5[nH]c5ccccc65)C(=O)COC[C@@H](c5c6c(c(C)c(OC(=O)F)c54)OCO6)N3[C@@H](C#N)[C@@H](C2)N1C. The average Bonchev–Trinajstić information content (AvgIpc) is 3.82. The largest absolute Gasteiger partial charge is 0.504 e. The van der Waals surface area contributed by atoms with Gasteiger partial charge in [0.25, 0.3) is 0 Å². The molecule has 1 spiro atoms. The summed E-state index contributed by atoms with van der Waals surface area (Å²) in [6.07, 6.45) is -0.803. The summed E-state index contributed by atoms with van der Waals surface area (Å²) >= 11 is 1.47. The van der Waals surface area contributed by atoms with Gasteiger partial charge in [0.05, 0.1) is 37.1 Å². The van der Waals surface area contributed by atoms with Crippen molar-refractivity contribution in [2.45, 2.75) is 67.7 Å². The molecule has 56 heavy (non-hydrogen) atoms. The van der Waals surface area contributed by atoms with Crippen molar-refractivity contribution in [3.63, 3.8) is 0 Å². The summed E-state index contributed by atoms with van der Waals surface area (Å²) < 4.78 is 44.6. The first-order valence-corrected chi connectivity index (χ1v) is 19.8. The number of Topliss-reactive ketones (excluding diaryl/α,β-unsaturated/α-hetero) is 1. The Morgan fingerprint density at radius 2 is 1.96 bits per heavy atom. The molecule has 290 valence electrons. The molecular weight excluding hydrogens is 742 g/mol. The molecule has 11 rings (SSSR count). The number of carbonyl (C=O) groups is 2. The fraction of sp³-hybridized carbons (Fsp3) is 0.439. The van der Waals surface area contributed by atoms with Crippen molar-refractivity contribution in [1.82, 2.24) is 20.1 Å². The highest BCUT2D eigenvalue weighted by Gasteiger charge is 2.61. The summed E-state index contributed by atoms with van der Waals surface area (Å²) in [5.41, 5.74) is 5.32. The number of phenols is 1. The van der Waals surface area contributed by atoms with E-state index in [9.17, 15) is 24.3 Å². The predicted molar refractivity (Wildman–Crippen MR) is 202 cm³/mol. The van der Waals surface area contributed by atoms with E-state index in [1.54, 1.807) is 6.92 Å². The van der Waals surface area contributed by atoms with Crippen LogP contribution in [0.4, 0.5) is 9.18 Å². The topological polar surface area (TPSA) is 159 Å². The number of halogens is 1. The summed E-state index contributed by atoms with van der Waals surface area (Å²) in [7, 11) is 3.49. The minimum Gasteiger partial charge on any atom is -0.504 e. The Morgan fingerprint density at radius 1 is 1.16 bits per heavy atom. The van der Waals surface area contributed by atoms with E-state index in [0.717, 1.165) is 33.3 Å². The number of para-hydroxylation sites is 1. The van der Waals surface area contributed by atoms with Gasteiger partial charge in [-0.15, -0.1) is 16.2 Å². The highest BCUT2D eigenvalue weighted by Crippen LogP contribution is 2.64. The van der Waals surface area contributed by atoms with Crippen LogP contribution in [0.3, 0.4) is 0 Å². The van der Waals surface area contributed by atoms with Crippen molar-refractivity contribution in [3.8, 4) is 34.8 Å². The summed E-state index contributed by atoms with van der Waals surface area (Å²) in [6, 6.07) is 9.77. The number of nitriles is 1. The summed E-state index contributed by atoms with van der Waals surface area (Å²) in [5.74, 6) is 1.13. The van der Waals surface area contributed by atoms with Crippen molar-refractivity contribution in [3.05, 3.63) is 75.0 Å². The van der Waals surface area contributed by atoms with Gasteiger partial charge < -0.3 is 33.8 Å². The van der Waals surface area contributed by atoms with Gasteiger partial charge in [0.15, 0.2) is 28.8 Å². The number of aromatic amines is 1. The molecular formula is C41H40FN5O8S. The van der Waals surface area contributed by atoms with E-state index in [1.807, 2.05) is 38.2 Å². The minimum absolute atomic E-state index is 0.00135. The van der Waals surface area contributed by atoms with Gasteiger partial charge in [-0.1, -0.05) is 24.3 Å². The number of methoxy groups -OCH3 is 1. The predicted octanol–water partition coefficient (Wildman–Crippen LogP) is 5.34. The highest BCUT2D eigenvalue weighted by molar-refractivity contribution is 7.99. The van der Waals surface area contributed by atoms with Crippen LogP contribution in [0.5, 0.6) is 28.7 Å². The van der Waals surface area contributed by atoms with Crippen LogP contribution in [0, 0.1) is 25.2 Å². The molecule has 4 aromatic rings. The minimum atomic E-state index is -1.99. The molecule has 2 fully saturated rings. The van der Waals surface area contributed by atoms with Crippen LogP contribution in [0.1, 0.15) is 62.0 Å². The standard InChI is InChI=1S/C41H40FN5O8S/c1-18-11-20-12-24-25(13-43)47-26-14-52-15-27(48)41(39-22(9-10-44-41)21-7-5-6-8-23(21)45-39)16-56-38(32(47)31(46(24)3)28(20)33(49)34(18)51-4)30-29(26)37-36(53-17-54-37)19(2)35(30)55-40(42)50/h5-8,11,24-26,31-32,38,44-45,49H,9-10,12,14-17H2,1-4H3/t24-,25+,26+,31+,32?,38-,41+/m1/s1. The van der Waals surface area contributed by atoms with Gasteiger partial charge >= 0.3 is 6.22 Å². The van der Waals surface area contributed by atoms with E-state index < -0.39 is 41.2 Å². The van der Waals surface area contributed by atoms with Crippen molar-refractivity contribution < 1.29 is 42.8 Å². The number of carbonyl (C=O) groups excluding carboxylic acids is 2. The molecule has 2 saturated heterocycles. The van der Waals surface area contributed by atoms with E-state index in [4.69, 9.17) is 23.7 Å². The van der Waals surface area contributed by atoms with Crippen molar-refractivity contribution in [1.29, 1.82) is 5.26 Å². The number of ether oxygens (including phenoxy) is 5. The molecule has 1 unspecified atom stereocenters. The van der Waals surface area contributed by atoms with E-state index >= 15 is 0 Å². The monoisotopic (exact) mass is 781 g/mol. The molecule has 7 atom stereocenters. The number of fused-ring (bicyclic) bond motifs is 12. The number of rotatable bonds is 2. The Bertz CT molecular complexity index is 2420. The highest BCUT2D eigenvalue weighted by atomic mass is 32.2. The van der Waals surface area contributed by atoms with Gasteiger partial charge in [-0.2, -0.15) is 5.26 Å². The van der Waals surface area contributed by atoms with Crippen molar-refractivity contribution in [2.75, 3.05) is 46.5 Å². The lowest BCUT2D eigenvalue weighted by molar-refractivity contribution is -0.132. The Kier molecular flexibility index (Phi) is 8.15. The summed E-state index contributed by atoms with van der Waals surface area (Å²) in [5, 5.41) is 27.2. The molecule has 7 aliphatic heterocycles. The maximum absolute atomic E-state index is 14.8. The van der Waals surface area contributed by atoms with Crippen LogP contribution in [0.2, 0.25) is 0 Å². The number of aromatic nitrogens is 1. The summed E-state index contributed by atoms with van der Waals surface area (Å²) in [4.78, 5) is 35.0. The summed E-state index contributed by atoms with van der Waals surface area (Å²) in [6.45, 7) is 3.71. The molecule has 3 aromatic carbocycles. The third-order valence-electron chi connectivity index (χ3n) is 13.0. The Balaban J connectivity index is 1.26. The van der Waals surface area contributed by atoms with Crippen LogP contribution < -0.4 is 24.3 Å². The van der Waals surface area contributed by atoms with E-state index in [-0.39, 0.29) is 49.1 Å². The molecule has 13 nitrogen and oxygen atoms in total. The molecule has 0 aliphatic carbocycles. The maximum Gasteiger partial charge on any atom is 0.500 e. The number of benzene rings is 3. The Morgan fingerprint density at radius 3 is 2.75 bits per heavy atom. The van der Waals surface area contributed by atoms with Crippen LogP contribution in [0.15, 0.2) is 30.3 Å². The van der Waals surface area contributed by atoms with E-state index in [0.29, 0.717) is 58.9 Å². The quantitative estimate of drug-likeness (QED) is 0.224. The second-order valence-corrected chi connectivity index (χ2v) is 16.6. The first-order valence-electron chi connectivity index (χ1n) is 18.8. The fourth-order valence-corrected chi connectivity index (χ4v) is 12.5. The molecule has 4 bridgehead atoms. The third-order valence-corrected chi connectivity index (χ3v) is 14.5. The number of hydrogen-bond donors (Lipinski definition) is 3. The lowest BCUT2D eigenvalue weighted by atomic mass is 9.71. The number of aromatic hydroxyl groups is 1. The molecule has 7 aliphatic rings. The molecule has 15 heteroatoms. The van der Waals surface area contributed by atoms with Crippen LogP contribution in [0.25, 0.3) is 10.9 Å². The zero-order valence-electron chi connectivity index (χ0n) is 31.2. The normalized spacial score (nSPS) is 29.2. The molecule has 1 aromatic heterocycles. The second-order valence-electron chi connectivity index (χ2n) is 15.5. The van der Waals surface area contributed by atoms with Crippen molar-refractivity contribution in [2.24, 2.45) is 0 Å². The maximum atomic E-state index is 14.8. The zero-order chi connectivity index (χ0) is 38.8. The molecule has 0 saturated carbocycles. The van der Waals surface area contributed by atoms with Crippen LogP contribution in [-0.4, -0.2) is 96.5 Å². The Hall–Kier alpha value is -4.85. The number of likely N-dealkylation sites (N-methyl/N-ethyl adjacent to an activating group) is 1. The van der Waals surface area contributed by atoms with E-state index in [1.165, 1.54) is 18.9 Å². The van der Waals surface area contributed by atoms with Gasteiger partial charge in [-0.05, 0) is 56.5 Å². The number of nitrogens with one attached hydrogen (secondary N) is 2. The zero-order valence-corrected chi connectivity index (χ0v) is 32.0. The van der Waals surface area contributed by atoms with E-state index in [2.05, 4.69) is 32.2 Å². The number of phenolic OH excluding ortho intramolecular Hbond substituents is 1. The third kappa shape index (κ3) is 4.73. The smallest absolute Gasteiger partial charge is 0.500 e. The van der Waals surface area contributed by atoms with Crippen LogP contribution >= 0.6 is 11.8 Å².